The minimum atomic E-state index is -1.77. The second kappa shape index (κ2) is 10.3. The van der Waals surface area contributed by atoms with E-state index < -0.39 is 46.8 Å². The van der Waals surface area contributed by atoms with Gasteiger partial charge in [0.1, 0.15) is 5.69 Å². The van der Waals surface area contributed by atoms with Crippen molar-refractivity contribution in [2.45, 2.75) is 18.9 Å². The molecule has 1 heterocycles. The molecule has 2 atom stereocenters. The predicted molar refractivity (Wildman–Crippen MR) is 119 cm³/mol. The zero-order valence-electron chi connectivity index (χ0n) is 18.1. The average Bonchev–Trinajstić information content (AvgIpc) is 3.40. The summed E-state index contributed by atoms with van der Waals surface area (Å²) in [5.74, 6) is -7.30. The fourth-order valence-electron chi connectivity index (χ4n) is 3.98. The van der Waals surface area contributed by atoms with Crippen molar-refractivity contribution < 1.29 is 28.0 Å². The second-order valence-electron chi connectivity index (χ2n) is 7.96. The lowest BCUT2D eigenvalue weighted by atomic mass is 9.86. The van der Waals surface area contributed by atoms with Crippen molar-refractivity contribution in [3.63, 3.8) is 0 Å². The van der Waals surface area contributed by atoms with Gasteiger partial charge in [-0.3, -0.25) is 19.9 Å². The van der Waals surface area contributed by atoms with Crippen LogP contribution >= 0.6 is 0 Å². The number of nitrogens with one attached hydrogen (secondary N) is 3. The molecule has 0 bridgehead atoms. The van der Waals surface area contributed by atoms with Crippen LogP contribution in [0.15, 0.2) is 60.8 Å². The first-order valence-corrected chi connectivity index (χ1v) is 10.6. The molecule has 0 fully saturated rings. The molecule has 180 valence electrons. The highest BCUT2D eigenvalue weighted by atomic mass is 19.2. The number of nitrogens with zero attached hydrogens (tertiary/aromatic N) is 2. The SMILES string of the molecule is O=C(CC(Cc1ccc2ccccc2c1)C(NC(=O)c1ccc(F)c(F)c1F)c1c[nH]nn1)NO. The van der Waals surface area contributed by atoms with E-state index in [-0.39, 0.29) is 18.5 Å². The Hall–Kier alpha value is -4.25. The summed E-state index contributed by atoms with van der Waals surface area (Å²) in [7, 11) is 0. The third kappa shape index (κ3) is 5.30. The van der Waals surface area contributed by atoms with Crippen LogP contribution in [0.4, 0.5) is 13.2 Å². The summed E-state index contributed by atoms with van der Waals surface area (Å²) in [5.41, 5.74) is 1.90. The molecule has 3 aromatic carbocycles. The number of aromatic nitrogens is 3. The maximum Gasteiger partial charge on any atom is 0.254 e. The maximum absolute atomic E-state index is 14.3. The molecule has 4 N–H and O–H groups in total. The van der Waals surface area contributed by atoms with E-state index in [1.165, 1.54) is 6.20 Å². The molecule has 2 amide bonds. The van der Waals surface area contributed by atoms with Crippen LogP contribution in [-0.4, -0.2) is 32.4 Å². The van der Waals surface area contributed by atoms with E-state index in [1.54, 1.807) is 5.48 Å². The summed E-state index contributed by atoms with van der Waals surface area (Å²) in [4.78, 5) is 25.0. The number of hydrogen-bond acceptors (Lipinski definition) is 5. The van der Waals surface area contributed by atoms with E-state index in [2.05, 4.69) is 20.7 Å². The van der Waals surface area contributed by atoms with Gasteiger partial charge in [-0.25, -0.2) is 18.7 Å². The Kier molecular flexibility index (Phi) is 7.06. The van der Waals surface area contributed by atoms with Crippen molar-refractivity contribution in [3.8, 4) is 0 Å². The number of fused-ring (bicyclic) bond motifs is 1. The van der Waals surface area contributed by atoms with E-state index in [4.69, 9.17) is 5.21 Å². The Bertz CT molecular complexity index is 1360. The molecule has 2 unspecified atom stereocenters. The van der Waals surface area contributed by atoms with Crippen molar-refractivity contribution in [3.05, 3.63) is 95.1 Å². The van der Waals surface area contributed by atoms with E-state index in [1.807, 2.05) is 42.5 Å². The summed E-state index contributed by atoms with van der Waals surface area (Å²) in [5, 5.41) is 23.7. The number of carbonyl (C=O) groups is 2. The molecule has 1 aromatic heterocycles. The minimum Gasteiger partial charge on any atom is -0.343 e. The Morgan fingerprint density at radius 3 is 2.49 bits per heavy atom. The van der Waals surface area contributed by atoms with Crippen LogP contribution in [0.2, 0.25) is 0 Å². The molecular weight excluding hydrogens is 463 g/mol. The van der Waals surface area contributed by atoms with Gasteiger partial charge in [-0.05, 0) is 40.8 Å². The van der Waals surface area contributed by atoms with Crippen LogP contribution in [0.25, 0.3) is 10.8 Å². The van der Waals surface area contributed by atoms with E-state index in [0.29, 0.717) is 6.07 Å². The second-order valence-corrected chi connectivity index (χ2v) is 7.96. The van der Waals surface area contributed by atoms with Gasteiger partial charge in [0.05, 0.1) is 11.6 Å². The largest absolute Gasteiger partial charge is 0.343 e. The summed E-state index contributed by atoms with van der Waals surface area (Å²) in [6.07, 6.45) is 1.38. The van der Waals surface area contributed by atoms with Crippen LogP contribution in [-0.2, 0) is 11.2 Å². The highest BCUT2D eigenvalue weighted by molar-refractivity contribution is 5.94. The van der Waals surface area contributed by atoms with Crippen molar-refractivity contribution in [2.24, 2.45) is 5.92 Å². The lowest BCUT2D eigenvalue weighted by molar-refractivity contribution is -0.130. The molecule has 35 heavy (non-hydrogen) atoms. The normalized spacial score (nSPS) is 12.8. The summed E-state index contributed by atoms with van der Waals surface area (Å²) in [6, 6.07) is 13.8. The molecule has 8 nitrogen and oxygen atoms in total. The summed E-state index contributed by atoms with van der Waals surface area (Å²) < 4.78 is 41.3. The topological polar surface area (TPSA) is 120 Å². The fourth-order valence-corrected chi connectivity index (χ4v) is 3.98. The van der Waals surface area contributed by atoms with E-state index in [0.717, 1.165) is 22.4 Å². The number of halogens is 3. The first kappa shape index (κ1) is 23.9. The van der Waals surface area contributed by atoms with Gasteiger partial charge < -0.3 is 5.32 Å². The maximum atomic E-state index is 14.3. The number of benzene rings is 3. The minimum absolute atomic E-state index is 0.220. The van der Waals surface area contributed by atoms with Crippen LogP contribution in [0.3, 0.4) is 0 Å². The van der Waals surface area contributed by atoms with Gasteiger partial charge in [0.2, 0.25) is 5.91 Å². The number of rotatable bonds is 8. The molecule has 0 spiro atoms. The molecule has 0 radical (unpaired) electrons. The molecule has 0 aliphatic heterocycles. The smallest absolute Gasteiger partial charge is 0.254 e. The molecule has 0 aliphatic rings. The van der Waals surface area contributed by atoms with Crippen LogP contribution in [0, 0.1) is 23.4 Å². The molecule has 4 rings (SSSR count). The third-order valence-corrected chi connectivity index (χ3v) is 5.68. The quantitative estimate of drug-likeness (QED) is 0.173. The zero-order chi connectivity index (χ0) is 24.9. The molecule has 4 aromatic rings. The highest BCUT2D eigenvalue weighted by Gasteiger charge is 2.31. The zero-order valence-corrected chi connectivity index (χ0v) is 18.1. The van der Waals surface area contributed by atoms with Gasteiger partial charge in [-0.15, -0.1) is 5.10 Å². The van der Waals surface area contributed by atoms with Crippen molar-refractivity contribution in [1.82, 2.24) is 26.2 Å². The van der Waals surface area contributed by atoms with Crippen LogP contribution < -0.4 is 10.8 Å². The molecule has 0 saturated heterocycles. The van der Waals surface area contributed by atoms with Gasteiger partial charge in [0.25, 0.3) is 5.91 Å². The van der Waals surface area contributed by atoms with Crippen molar-refractivity contribution >= 4 is 22.6 Å². The summed E-state index contributed by atoms with van der Waals surface area (Å²) in [6.45, 7) is 0. The number of carbonyl (C=O) groups excluding carboxylic acids is 2. The third-order valence-electron chi connectivity index (χ3n) is 5.68. The van der Waals surface area contributed by atoms with E-state index >= 15 is 0 Å². The number of amides is 2. The van der Waals surface area contributed by atoms with Crippen molar-refractivity contribution in [1.29, 1.82) is 0 Å². The lowest BCUT2D eigenvalue weighted by Gasteiger charge is -2.26. The molecule has 0 aliphatic carbocycles. The number of hydroxylamine groups is 1. The number of H-pyrrole nitrogens is 1. The van der Waals surface area contributed by atoms with Gasteiger partial charge >= 0.3 is 0 Å². The average molecular weight is 483 g/mol. The highest BCUT2D eigenvalue weighted by Crippen LogP contribution is 2.29. The first-order valence-electron chi connectivity index (χ1n) is 10.6. The predicted octanol–water partition coefficient (Wildman–Crippen LogP) is 3.60. The Morgan fingerprint density at radius 2 is 1.77 bits per heavy atom. The van der Waals surface area contributed by atoms with Gasteiger partial charge in [0, 0.05) is 12.6 Å². The number of hydrogen-bond donors (Lipinski definition) is 4. The fraction of sp³-hybridized carbons (Fsp3) is 0.167. The Morgan fingerprint density at radius 1 is 1.00 bits per heavy atom. The Balaban J connectivity index is 1.69. The first-order chi connectivity index (χ1) is 16.9. The molecular formula is C24H20F3N5O3. The van der Waals surface area contributed by atoms with Gasteiger partial charge in [-0.2, -0.15) is 0 Å². The number of aromatic amines is 1. The summed E-state index contributed by atoms with van der Waals surface area (Å²) >= 11 is 0. The van der Waals surface area contributed by atoms with Gasteiger partial charge in [-0.1, -0.05) is 47.7 Å². The molecule has 11 heteroatoms. The van der Waals surface area contributed by atoms with E-state index in [9.17, 15) is 22.8 Å². The van der Waals surface area contributed by atoms with Crippen LogP contribution in [0.1, 0.15) is 34.1 Å². The van der Waals surface area contributed by atoms with Gasteiger partial charge in [0.15, 0.2) is 17.5 Å². The Labute approximate surface area is 197 Å². The lowest BCUT2D eigenvalue weighted by Crippen LogP contribution is -2.37. The molecule has 0 saturated carbocycles. The standard InChI is InChI=1S/C24H20F3N5O3/c25-18-8-7-17(21(26)22(18)27)24(34)29-23(19-12-28-32-30-19)16(11-20(33)31-35)10-13-5-6-14-3-1-2-4-15(14)9-13/h1-9,12,16,23,35H,10-11H2,(H,29,34)(H,31,33)(H,28,30,32). The van der Waals surface area contributed by atoms with Crippen LogP contribution in [0.5, 0.6) is 0 Å². The van der Waals surface area contributed by atoms with Crippen molar-refractivity contribution in [2.75, 3.05) is 0 Å². The monoisotopic (exact) mass is 483 g/mol.